The van der Waals surface area contributed by atoms with Gasteiger partial charge in [-0.05, 0) is 43.7 Å². The van der Waals surface area contributed by atoms with Crippen LogP contribution < -0.4 is 4.90 Å². The third-order valence-corrected chi connectivity index (χ3v) is 5.08. The van der Waals surface area contributed by atoms with Crippen molar-refractivity contribution in [2.75, 3.05) is 18.1 Å². The fourth-order valence-corrected chi connectivity index (χ4v) is 3.83. The Morgan fingerprint density at radius 2 is 2.04 bits per heavy atom. The van der Waals surface area contributed by atoms with Gasteiger partial charge in [0.25, 0.3) is 0 Å². The molecule has 28 heavy (non-hydrogen) atoms. The molecule has 1 saturated heterocycles. The van der Waals surface area contributed by atoms with Crippen molar-refractivity contribution in [2.45, 2.75) is 32.7 Å². The van der Waals surface area contributed by atoms with E-state index < -0.39 is 0 Å². The summed E-state index contributed by atoms with van der Waals surface area (Å²) in [6.45, 7) is 4.79. The van der Waals surface area contributed by atoms with Crippen molar-refractivity contribution in [3.8, 4) is 0 Å². The molecule has 0 spiro atoms. The minimum Gasteiger partial charge on any atom is -0.465 e. The largest absolute Gasteiger partial charge is 0.465 e. The van der Waals surface area contributed by atoms with Crippen LogP contribution in [0.1, 0.15) is 30.7 Å². The number of ether oxygens (including phenoxy) is 1. The first-order valence-corrected chi connectivity index (χ1v) is 9.54. The number of aryl methyl sites for hydroxylation is 1. The van der Waals surface area contributed by atoms with Gasteiger partial charge in [-0.2, -0.15) is 0 Å². The van der Waals surface area contributed by atoms with E-state index in [1.54, 1.807) is 6.92 Å². The Morgan fingerprint density at radius 3 is 2.82 bits per heavy atom. The van der Waals surface area contributed by atoms with Crippen molar-refractivity contribution in [3.63, 3.8) is 0 Å². The zero-order chi connectivity index (χ0) is 19.7. The average molecular weight is 377 g/mol. The molecule has 4 rings (SSSR count). The second kappa shape index (κ2) is 7.46. The molecular formula is C22H23N3O3. The van der Waals surface area contributed by atoms with Crippen LogP contribution in [0.25, 0.3) is 11.0 Å². The summed E-state index contributed by atoms with van der Waals surface area (Å²) >= 11 is 0. The lowest BCUT2D eigenvalue weighted by Crippen LogP contribution is -2.24. The zero-order valence-corrected chi connectivity index (χ0v) is 16.1. The maximum absolute atomic E-state index is 12.7. The minimum absolute atomic E-state index is 0.0742. The van der Waals surface area contributed by atoms with Crippen LogP contribution in [-0.4, -0.2) is 34.6 Å². The predicted octanol–water partition coefficient (Wildman–Crippen LogP) is 3.43. The standard InChI is InChI=1S/C22H23N3O3/c1-3-28-21(27)14-25-19-10-5-4-9-18(19)23-22(25)16-12-20(26)24(13-16)17-8-6-7-15(2)11-17/h4-11,16H,3,12-14H2,1-2H3. The van der Waals surface area contributed by atoms with E-state index in [9.17, 15) is 9.59 Å². The van der Waals surface area contributed by atoms with Gasteiger partial charge in [-0.25, -0.2) is 4.98 Å². The highest BCUT2D eigenvalue weighted by Crippen LogP contribution is 2.33. The Kier molecular flexibility index (Phi) is 4.86. The number of rotatable bonds is 5. The molecule has 1 unspecified atom stereocenters. The molecule has 1 aliphatic heterocycles. The van der Waals surface area contributed by atoms with Crippen molar-refractivity contribution < 1.29 is 14.3 Å². The number of para-hydroxylation sites is 2. The van der Waals surface area contributed by atoms with Crippen molar-refractivity contribution >= 4 is 28.6 Å². The summed E-state index contributed by atoms with van der Waals surface area (Å²) in [7, 11) is 0. The topological polar surface area (TPSA) is 64.4 Å². The summed E-state index contributed by atoms with van der Waals surface area (Å²) in [6.07, 6.45) is 0.375. The highest BCUT2D eigenvalue weighted by atomic mass is 16.5. The Balaban J connectivity index is 1.69. The fourth-order valence-electron chi connectivity index (χ4n) is 3.83. The number of imidazole rings is 1. The van der Waals surface area contributed by atoms with Gasteiger partial charge in [0.1, 0.15) is 12.4 Å². The number of anilines is 1. The Hall–Kier alpha value is -3.15. The number of carbonyl (C=O) groups is 2. The number of hydrogen-bond acceptors (Lipinski definition) is 4. The molecule has 0 radical (unpaired) electrons. The highest BCUT2D eigenvalue weighted by Gasteiger charge is 2.35. The summed E-state index contributed by atoms with van der Waals surface area (Å²) in [5.41, 5.74) is 3.72. The number of amides is 1. The van der Waals surface area contributed by atoms with E-state index in [-0.39, 0.29) is 24.3 Å². The number of nitrogens with zero attached hydrogens (tertiary/aromatic N) is 3. The Labute approximate surface area is 163 Å². The van der Waals surface area contributed by atoms with Crippen molar-refractivity contribution in [2.24, 2.45) is 0 Å². The quantitative estimate of drug-likeness (QED) is 0.639. The van der Waals surface area contributed by atoms with E-state index in [0.29, 0.717) is 19.6 Å². The van der Waals surface area contributed by atoms with Crippen LogP contribution >= 0.6 is 0 Å². The number of fused-ring (bicyclic) bond motifs is 1. The summed E-state index contributed by atoms with van der Waals surface area (Å²) in [6, 6.07) is 15.7. The molecule has 0 N–H and O–H groups in total. The summed E-state index contributed by atoms with van der Waals surface area (Å²) in [5.74, 6) is 0.463. The summed E-state index contributed by atoms with van der Waals surface area (Å²) in [4.78, 5) is 31.5. The van der Waals surface area contributed by atoms with Crippen LogP contribution in [-0.2, 0) is 20.9 Å². The molecular weight excluding hydrogens is 354 g/mol. The van der Waals surface area contributed by atoms with Crippen molar-refractivity contribution in [1.29, 1.82) is 0 Å². The monoisotopic (exact) mass is 377 g/mol. The Morgan fingerprint density at radius 1 is 1.21 bits per heavy atom. The van der Waals surface area contributed by atoms with Crippen molar-refractivity contribution in [1.82, 2.24) is 9.55 Å². The molecule has 2 aromatic carbocycles. The highest BCUT2D eigenvalue weighted by molar-refractivity contribution is 5.96. The Bertz CT molecular complexity index is 1040. The maximum atomic E-state index is 12.7. The van der Waals surface area contributed by atoms with Crippen LogP contribution in [0, 0.1) is 6.92 Å². The summed E-state index contributed by atoms with van der Waals surface area (Å²) < 4.78 is 7.04. The van der Waals surface area contributed by atoms with Gasteiger partial charge < -0.3 is 14.2 Å². The molecule has 0 saturated carbocycles. The molecule has 2 heterocycles. The lowest BCUT2D eigenvalue weighted by atomic mass is 10.1. The number of aromatic nitrogens is 2. The maximum Gasteiger partial charge on any atom is 0.326 e. The van der Waals surface area contributed by atoms with Crippen LogP contribution in [0.15, 0.2) is 48.5 Å². The first kappa shape index (κ1) is 18.2. The molecule has 0 aliphatic carbocycles. The van der Waals surface area contributed by atoms with Gasteiger partial charge in [-0.15, -0.1) is 0 Å². The van der Waals surface area contributed by atoms with Gasteiger partial charge in [0.15, 0.2) is 0 Å². The van der Waals surface area contributed by atoms with E-state index >= 15 is 0 Å². The minimum atomic E-state index is -0.299. The van der Waals surface area contributed by atoms with Gasteiger partial charge >= 0.3 is 5.97 Å². The van der Waals surface area contributed by atoms with Gasteiger partial charge in [0, 0.05) is 24.6 Å². The molecule has 1 fully saturated rings. The molecule has 144 valence electrons. The normalized spacial score (nSPS) is 16.7. The molecule has 1 atom stereocenters. The van der Waals surface area contributed by atoms with E-state index in [0.717, 1.165) is 28.1 Å². The smallest absolute Gasteiger partial charge is 0.326 e. The first-order valence-electron chi connectivity index (χ1n) is 9.54. The van der Waals surface area contributed by atoms with Crippen molar-refractivity contribution in [3.05, 3.63) is 59.9 Å². The molecule has 1 aromatic heterocycles. The second-order valence-corrected chi connectivity index (χ2v) is 7.09. The van der Waals surface area contributed by atoms with Crippen LogP contribution in [0.5, 0.6) is 0 Å². The number of esters is 1. The number of hydrogen-bond donors (Lipinski definition) is 0. The molecule has 0 bridgehead atoms. The SMILES string of the molecule is CCOC(=O)Cn1c(C2CC(=O)N(c3cccc(C)c3)C2)nc2ccccc21. The predicted molar refractivity (Wildman–Crippen MR) is 107 cm³/mol. The zero-order valence-electron chi connectivity index (χ0n) is 16.1. The molecule has 3 aromatic rings. The summed E-state index contributed by atoms with van der Waals surface area (Å²) in [5, 5.41) is 0. The van der Waals surface area contributed by atoms with Gasteiger partial charge in [0.2, 0.25) is 5.91 Å². The molecule has 6 heteroatoms. The van der Waals surface area contributed by atoms with Crippen LogP contribution in [0.3, 0.4) is 0 Å². The lowest BCUT2D eigenvalue weighted by molar-refractivity contribution is -0.143. The van der Waals surface area contributed by atoms with Crippen LogP contribution in [0.4, 0.5) is 5.69 Å². The van der Waals surface area contributed by atoms with E-state index in [1.165, 1.54) is 0 Å². The van der Waals surface area contributed by atoms with Gasteiger partial charge in [0.05, 0.1) is 17.6 Å². The third-order valence-electron chi connectivity index (χ3n) is 5.08. The molecule has 1 amide bonds. The van der Waals surface area contributed by atoms with E-state index in [4.69, 9.17) is 9.72 Å². The first-order chi connectivity index (χ1) is 13.6. The van der Waals surface area contributed by atoms with Gasteiger partial charge in [-0.1, -0.05) is 24.3 Å². The molecule has 1 aliphatic rings. The second-order valence-electron chi connectivity index (χ2n) is 7.09. The van der Waals surface area contributed by atoms with E-state index in [2.05, 4.69) is 0 Å². The molecule has 6 nitrogen and oxygen atoms in total. The number of benzene rings is 2. The average Bonchev–Trinajstić information content (AvgIpc) is 3.23. The lowest BCUT2D eigenvalue weighted by Gasteiger charge is -2.17. The van der Waals surface area contributed by atoms with Crippen LogP contribution in [0.2, 0.25) is 0 Å². The third kappa shape index (κ3) is 3.38. The van der Waals surface area contributed by atoms with E-state index in [1.807, 2.05) is 64.9 Å². The van der Waals surface area contributed by atoms with Gasteiger partial charge in [-0.3, -0.25) is 9.59 Å². The number of carbonyl (C=O) groups excluding carboxylic acids is 2. The fraction of sp³-hybridized carbons (Fsp3) is 0.318.